The molecule has 0 saturated carbocycles. The summed E-state index contributed by atoms with van der Waals surface area (Å²) < 4.78 is 10.8. The van der Waals surface area contributed by atoms with Gasteiger partial charge in [0.1, 0.15) is 5.60 Å². The fourth-order valence-corrected chi connectivity index (χ4v) is 3.37. The molecule has 0 aromatic carbocycles. The summed E-state index contributed by atoms with van der Waals surface area (Å²) in [5.41, 5.74) is -0.417. The number of carbonyl (C=O) groups excluding carboxylic acids is 1. The number of hydrogen-bond acceptors (Lipinski definition) is 4. The van der Waals surface area contributed by atoms with Gasteiger partial charge in [-0.3, -0.25) is 0 Å². The van der Waals surface area contributed by atoms with Crippen LogP contribution in [-0.2, 0) is 9.47 Å². The molecule has 0 aromatic heterocycles. The minimum Gasteiger partial charge on any atom is -0.444 e. The van der Waals surface area contributed by atoms with E-state index >= 15 is 0 Å². The number of rotatable bonds is 4. The summed E-state index contributed by atoms with van der Waals surface area (Å²) in [6.07, 6.45) is 4.33. The number of ether oxygens (including phenoxy) is 2. The number of piperidine rings is 1. The van der Waals surface area contributed by atoms with Crippen LogP contribution in [0.3, 0.4) is 0 Å². The van der Waals surface area contributed by atoms with Gasteiger partial charge in [0.15, 0.2) is 0 Å². The van der Waals surface area contributed by atoms with E-state index in [0.29, 0.717) is 18.1 Å². The molecular weight excluding hydrogens is 268 g/mol. The van der Waals surface area contributed by atoms with Gasteiger partial charge in [-0.15, -0.1) is 0 Å². The summed E-state index contributed by atoms with van der Waals surface area (Å²) in [6.45, 7) is 8.71. The first-order valence-electron chi connectivity index (χ1n) is 8.07. The van der Waals surface area contributed by atoms with Crippen molar-refractivity contribution in [3.8, 4) is 0 Å². The molecule has 1 amide bonds. The topological polar surface area (TPSA) is 50.8 Å². The van der Waals surface area contributed by atoms with E-state index in [1.165, 1.54) is 0 Å². The number of amides is 1. The summed E-state index contributed by atoms with van der Waals surface area (Å²) in [6, 6.07) is 1.14. The lowest BCUT2D eigenvalue weighted by Gasteiger charge is -2.40. The molecule has 2 bridgehead atoms. The first-order chi connectivity index (χ1) is 9.80. The van der Waals surface area contributed by atoms with Crippen molar-refractivity contribution >= 4 is 6.09 Å². The molecule has 2 fully saturated rings. The fourth-order valence-electron chi connectivity index (χ4n) is 3.37. The van der Waals surface area contributed by atoms with Crippen molar-refractivity contribution in [2.75, 3.05) is 13.7 Å². The first kappa shape index (κ1) is 16.6. The molecule has 21 heavy (non-hydrogen) atoms. The third kappa shape index (κ3) is 4.33. The Hall–Kier alpha value is -0.810. The van der Waals surface area contributed by atoms with E-state index < -0.39 is 5.60 Å². The summed E-state index contributed by atoms with van der Waals surface area (Å²) >= 11 is 0. The Morgan fingerprint density at radius 2 is 1.86 bits per heavy atom. The molecule has 0 radical (unpaired) electrons. The van der Waals surface area contributed by atoms with E-state index in [9.17, 15) is 4.79 Å². The normalized spacial score (nSPS) is 30.3. The maximum atomic E-state index is 12.4. The molecule has 3 unspecified atom stereocenters. The lowest BCUT2D eigenvalue weighted by atomic mass is 9.97. The van der Waals surface area contributed by atoms with E-state index in [1.54, 1.807) is 7.11 Å². The largest absolute Gasteiger partial charge is 0.444 e. The van der Waals surface area contributed by atoms with Crippen LogP contribution < -0.4 is 5.32 Å². The van der Waals surface area contributed by atoms with Crippen LogP contribution in [0.15, 0.2) is 0 Å². The number of methoxy groups -OCH3 is 1. The molecule has 2 saturated heterocycles. The van der Waals surface area contributed by atoms with Crippen LogP contribution >= 0.6 is 0 Å². The Morgan fingerprint density at radius 1 is 1.29 bits per heavy atom. The van der Waals surface area contributed by atoms with Gasteiger partial charge in [0.05, 0.1) is 6.10 Å². The molecule has 5 heteroatoms. The Bertz CT molecular complexity index is 353. The van der Waals surface area contributed by atoms with Gasteiger partial charge < -0.3 is 19.7 Å². The maximum absolute atomic E-state index is 12.4. The monoisotopic (exact) mass is 298 g/mol. The van der Waals surface area contributed by atoms with Crippen molar-refractivity contribution in [1.82, 2.24) is 10.2 Å². The number of fused-ring (bicyclic) bond motifs is 2. The van der Waals surface area contributed by atoms with Crippen LogP contribution in [0.2, 0.25) is 0 Å². The average molecular weight is 298 g/mol. The van der Waals surface area contributed by atoms with E-state index in [-0.39, 0.29) is 12.2 Å². The molecule has 0 aromatic rings. The highest BCUT2D eigenvalue weighted by Crippen LogP contribution is 2.36. The SMILES string of the molecule is COC(C)CNC1CC2CCC(C1)N2C(=O)OC(C)(C)C. The van der Waals surface area contributed by atoms with E-state index in [1.807, 2.05) is 25.7 Å². The molecule has 2 rings (SSSR count). The van der Waals surface area contributed by atoms with Crippen LogP contribution in [0.25, 0.3) is 0 Å². The summed E-state index contributed by atoms with van der Waals surface area (Å²) in [7, 11) is 1.74. The van der Waals surface area contributed by atoms with E-state index in [4.69, 9.17) is 9.47 Å². The first-order valence-corrected chi connectivity index (χ1v) is 8.07. The zero-order valence-corrected chi connectivity index (χ0v) is 14.0. The van der Waals surface area contributed by atoms with Crippen molar-refractivity contribution in [1.29, 1.82) is 0 Å². The van der Waals surface area contributed by atoms with Crippen molar-refractivity contribution in [2.45, 2.75) is 83.2 Å². The minimum absolute atomic E-state index is 0.140. The standard InChI is InChI=1S/C16H30N2O3/c1-11(20-5)10-17-12-8-13-6-7-14(9-12)18(13)15(19)21-16(2,3)4/h11-14,17H,6-10H2,1-5H3. The molecule has 1 N–H and O–H groups in total. The van der Waals surface area contributed by atoms with Crippen LogP contribution in [0, 0.1) is 0 Å². The molecule has 5 nitrogen and oxygen atoms in total. The second-order valence-corrected chi connectivity index (χ2v) is 7.40. The van der Waals surface area contributed by atoms with Crippen molar-refractivity contribution in [3.05, 3.63) is 0 Å². The number of carbonyl (C=O) groups is 1. The zero-order chi connectivity index (χ0) is 15.6. The van der Waals surface area contributed by atoms with Gasteiger partial charge in [-0.1, -0.05) is 0 Å². The van der Waals surface area contributed by atoms with Crippen LogP contribution in [0.5, 0.6) is 0 Å². The molecule has 2 heterocycles. The molecule has 3 atom stereocenters. The maximum Gasteiger partial charge on any atom is 0.410 e. The second kappa shape index (κ2) is 6.53. The predicted octanol–water partition coefficient (Wildman–Crippen LogP) is 2.54. The molecule has 2 aliphatic rings. The smallest absolute Gasteiger partial charge is 0.410 e. The van der Waals surface area contributed by atoms with Gasteiger partial charge >= 0.3 is 6.09 Å². The van der Waals surface area contributed by atoms with Gasteiger partial charge in [-0.25, -0.2) is 4.79 Å². The number of nitrogens with one attached hydrogen (secondary N) is 1. The Morgan fingerprint density at radius 3 is 2.33 bits per heavy atom. The van der Waals surface area contributed by atoms with Crippen LogP contribution in [0.1, 0.15) is 53.4 Å². The highest BCUT2D eigenvalue weighted by molar-refractivity contribution is 5.69. The summed E-state index contributed by atoms with van der Waals surface area (Å²) in [4.78, 5) is 14.3. The second-order valence-electron chi connectivity index (χ2n) is 7.40. The Labute approximate surface area is 128 Å². The van der Waals surface area contributed by atoms with Crippen molar-refractivity contribution < 1.29 is 14.3 Å². The van der Waals surface area contributed by atoms with Gasteiger partial charge in [-0.05, 0) is 53.4 Å². The summed E-state index contributed by atoms with van der Waals surface area (Å²) in [5, 5.41) is 3.58. The molecule has 2 aliphatic heterocycles. The number of nitrogens with zero attached hydrogens (tertiary/aromatic N) is 1. The van der Waals surface area contributed by atoms with E-state index in [2.05, 4.69) is 12.2 Å². The predicted molar refractivity (Wildman–Crippen MR) is 82.4 cm³/mol. The Balaban J connectivity index is 1.88. The molecule has 122 valence electrons. The van der Waals surface area contributed by atoms with Crippen molar-refractivity contribution in [2.24, 2.45) is 0 Å². The van der Waals surface area contributed by atoms with Gasteiger partial charge in [0, 0.05) is 31.8 Å². The third-order valence-electron chi connectivity index (χ3n) is 4.43. The van der Waals surface area contributed by atoms with Gasteiger partial charge in [0.2, 0.25) is 0 Å². The van der Waals surface area contributed by atoms with Crippen molar-refractivity contribution in [3.63, 3.8) is 0 Å². The molecule has 0 aliphatic carbocycles. The minimum atomic E-state index is -0.417. The highest BCUT2D eigenvalue weighted by atomic mass is 16.6. The zero-order valence-electron chi connectivity index (χ0n) is 14.0. The van der Waals surface area contributed by atoms with E-state index in [0.717, 1.165) is 32.2 Å². The van der Waals surface area contributed by atoms with Crippen LogP contribution in [0.4, 0.5) is 4.79 Å². The van der Waals surface area contributed by atoms with Gasteiger partial charge in [-0.2, -0.15) is 0 Å². The Kier molecular flexibility index (Phi) is 5.15. The molecule has 0 spiro atoms. The fraction of sp³-hybridized carbons (Fsp3) is 0.938. The lowest BCUT2D eigenvalue weighted by molar-refractivity contribution is 0.00399. The average Bonchev–Trinajstić information content (AvgIpc) is 2.65. The highest BCUT2D eigenvalue weighted by Gasteiger charge is 2.44. The number of hydrogen-bond donors (Lipinski definition) is 1. The summed E-state index contributed by atoms with van der Waals surface area (Å²) in [5.74, 6) is 0. The lowest BCUT2D eigenvalue weighted by Crippen LogP contribution is -2.53. The third-order valence-corrected chi connectivity index (χ3v) is 4.43. The van der Waals surface area contributed by atoms with Crippen LogP contribution in [-0.4, -0.2) is 54.5 Å². The molecular formula is C16H30N2O3. The van der Waals surface area contributed by atoms with Gasteiger partial charge in [0.25, 0.3) is 0 Å². The quantitative estimate of drug-likeness (QED) is 0.866.